The maximum atomic E-state index is 6.35. The number of nitrogens with zero attached hydrogens (tertiary/aromatic N) is 2. The topological polar surface area (TPSA) is 42.4 Å². The van der Waals surface area contributed by atoms with Crippen LogP contribution in [0.3, 0.4) is 0 Å². The Hall–Kier alpha value is -6.13. The van der Waals surface area contributed by atoms with Gasteiger partial charge in [0.2, 0.25) is 5.89 Å². The molecule has 0 N–H and O–H groups in total. The third kappa shape index (κ3) is 4.35. The van der Waals surface area contributed by atoms with Crippen molar-refractivity contribution in [3.8, 4) is 22.6 Å². The molecule has 0 saturated heterocycles. The third-order valence-corrected chi connectivity index (χ3v) is 8.47. The monoisotopic (exact) mass is 578 g/mol. The molecule has 2 aromatic heterocycles. The highest BCUT2D eigenvalue weighted by Gasteiger charge is 2.18. The van der Waals surface area contributed by atoms with E-state index < -0.39 is 0 Å². The summed E-state index contributed by atoms with van der Waals surface area (Å²) in [6, 6.07) is 54.7. The molecular weight excluding hydrogens is 552 g/mol. The minimum absolute atomic E-state index is 0.604. The van der Waals surface area contributed by atoms with Crippen LogP contribution in [-0.4, -0.2) is 4.98 Å². The van der Waals surface area contributed by atoms with Crippen molar-refractivity contribution in [3.63, 3.8) is 0 Å². The molecule has 4 nitrogen and oxygen atoms in total. The minimum Gasteiger partial charge on any atom is -0.456 e. The second-order valence-corrected chi connectivity index (χ2v) is 11.2. The average molecular weight is 579 g/mol. The fourth-order valence-electron chi connectivity index (χ4n) is 6.32. The number of oxazole rings is 1. The molecule has 4 heteroatoms. The first-order valence-corrected chi connectivity index (χ1v) is 15.0. The van der Waals surface area contributed by atoms with Gasteiger partial charge in [-0.15, -0.1) is 0 Å². The van der Waals surface area contributed by atoms with Gasteiger partial charge in [0.15, 0.2) is 5.58 Å². The van der Waals surface area contributed by atoms with Crippen LogP contribution in [0.15, 0.2) is 167 Å². The number of hydrogen-bond acceptors (Lipinski definition) is 4. The highest BCUT2D eigenvalue weighted by Crippen LogP contribution is 2.41. The Kier molecular flexibility index (Phi) is 5.78. The summed E-state index contributed by atoms with van der Waals surface area (Å²) in [7, 11) is 0. The highest BCUT2D eigenvalue weighted by atomic mass is 16.4. The SMILES string of the molecule is c1ccc(-c2nc3cc4c(cc3o2)oc2cccc(-c3ccc(N(c5ccccc5)c5ccc6ccccc6c5)cc3)c24)cc1. The van der Waals surface area contributed by atoms with Crippen LogP contribution in [0.25, 0.3) is 66.4 Å². The molecule has 0 aliphatic heterocycles. The number of anilines is 3. The number of fused-ring (bicyclic) bond motifs is 5. The van der Waals surface area contributed by atoms with Crippen LogP contribution in [0.1, 0.15) is 0 Å². The lowest BCUT2D eigenvalue weighted by Gasteiger charge is -2.26. The van der Waals surface area contributed by atoms with Crippen LogP contribution >= 0.6 is 0 Å². The van der Waals surface area contributed by atoms with Gasteiger partial charge >= 0.3 is 0 Å². The Bertz CT molecular complexity index is 2480. The van der Waals surface area contributed by atoms with Crippen LogP contribution < -0.4 is 4.90 Å². The van der Waals surface area contributed by atoms with Gasteiger partial charge in [-0.25, -0.2) is 4.98 Å². The highest BCUT2D eigenvalue weighted by molar-refractivity contribution is 6.15. The number of furan rings is 1. The van der Waals surface area contributed by atoms with E-state index in [1.54, 1.807) is 0 Å². The zero-order valence-electron chi connectivity index (χ0n) is 24.2. The van der Waals surface area contributed by atoms with Crippen LogP contribution in [0.4, 0.5) is 17.1 Å². The van der Waals surface area contributed by atoms with E-state index in [9.17, 15) is 0 Å². The number of rotatable bonds is 5. The van der Waals surface area contributed by atoms with E-state index in [4.69, 9.17) is 13.8 Å². The van der Waals surface area contributed by atoms with E-state index in [1.165, 1.54) is 10.8 Å². The van der Waals surface area contributed by atoms with Crippen LogP contribution in [-0.2, 0) is 0 Å². The Morgan fingerprint density at radius 2 is 1.16 bits per heavy atom. The van der Waals surface area contributed by atoms with E-state index in [1.807, 2.05) is 42.5 Å². The second-order valence-electron chi connectivity index (χ2n) is 11.2. The van der Waals surface area contributed by atoms with Crippen molar-refractivity contribution in [2.75, 3.05) is 4.90 Å². The first kappa shape index (κ1) is 25.4. The van der Waals surface area contributed by atoms with Gasteiger partial charge in [0.25, 0.3) is 0 Å². The molecule has 45 heavy (non-hydrogen) atoms. The van der Waals surface area contributed by atoms with Gasteiger partial charge in [0, 0.05) is 39.5 Å². The lowest BCUT2D eigenvalue weighted by Crippen LogP contribution is -2.09. The van der Waals surface area contributed by atoms with Crippen molar-refractivity contribution in [2.24, 2.45) is 0 Å². The number of hydrogen-bond donors (Lipinski definition) is 0. The second kappa shape index (κ2) is 10.2. The van der Waals surface area contributed by atoms with Crippen molar-refractivity contribution in [1.29, 1.82) is 0 Å². The van der Waals surface area contributed by atoms with Crippen molar-refractivity contribution >= 4 is 60.9 Å². The zero-order chi connectivity index (χ0) is 29.7. The van der Waals surface area contributed by atoms with Gasteiger partial charge in [-0.2, -0.15) is 0 Å². The normalized spacial score (nSPS) is 11.6. The summed E-state index contributed by atoms with van der Waals surface area (Å²) in [6.07, 6.45) is 0. The molecule has 0 amide bonds. The molecule has 7 aromatic carbocycles. The predicted octanol–water partition coefficient (Wildman–Crippen LogP) is 11.7. The van der Waals surface area contributed by atoms with Crippen LogP contribution in [0.5, 0.6) is 0 Å². The molecule has 0 bridgehead atoms. The largest absolute Gasteiger partial charge is 0.456 e. The fraction of sp³-hybridized carbons (Fsp3) is 0. The Labute approximate surface area is 259 Å². The molecule has 0 atom stereocenters. The van der Waals surface area contributed by atoms with Gasteiger partial charge in [0.05, 0.1) is 0 Å². The summed E-state index contributed by atoms with van der Waals surface area (Å²) < 4.78 is 12.5. The molecule has 2 heterocycles. The summed E-state index contributed by atoms with van der Waals surface area (Å²) in [5.41, 5.74) is 9.62. The Morgan fingerprint density at radius 3 is 1.98 bits per heavy atom. The molecule has 0 fully saturated rings. The van der Waals surface area contributed by atoms with E-state index >= 15 is 0 Å². The Morgan fingerprint density at radius 1 is 0.444 bits per heavy atom. The van der Waals surface area contributed by atoms with Gasteiger partial charge in [-0.1, -0.05) is 91.0 Å². The van der Waals surface area contributed by atoms with Crippen molar-refractivity contribution in [1.82, 2.24) is 4.98 Å². The fourth-order valence-corrected chi connectivity index (χ4v) is 6.32. The smallest absolute Gasteiger partial charge is 0.227 e. The minimum atomic E-state index is 0.604. The Balaban J connectivity index is 1.15. The first-order valence-electron chi connectivity index (χ1n) is 15.0. The van der Waals surface area contributed by atoms with E-state index in [-0.39, 0.29) is 0 Å². The summed E-state index contributed by atoms with van der Waals surface area (Å²) in [5.74, 6) is 0.604. The maximum Gasteiger partial charge on any atom is 0.227 e. The molecule has 0 aliphatic rings. The molecule has 212 valence electrons. The van der Waals surface area contributed by atoms with Gasteiger partial charge in [-0.05, 0) is 82.6 Å². The molecule has 0 unspecified atom stereocenters. The predicted molar refractivity (Wildman–Crippen MR) is 184 cm³/mol. The van der Waals surface area contributed by atoms with Gasteiger partial charge in [0.1, 0.15) is 16.7 Å². The zero-order valence-corrected chi connectivity index (χ0v) is 24.2. The summed E-state index contributed by atoms with van der Waals surface area (Å²) in [6.45, 7) is 0. The van der Waals surface area contributed by atoms with E-state index in [0.29, 0.717) is 11.5 Å². The number of para-hydroxylation sites is 1. The van der Waals surface area contributed by atoms with Gasteiger partial charge < -0.3 is 13.7 Å². The lowest BCUT2D eigenvalue weighted by atomic mass is 9.99. The molecular formula is C41H26N2O2. The average Bonchev–Trinajstić information content (AvgIpc) is 3.69. The summed E-state index contributed by atoms with van der Waals surface area (Å²) in [4.78, 5) is 7.12. The first-order chi connectivity index (χ1) is 22.3. The lowest BCUT2D eigenvalue weighted by molar-refractivity contribution is 0.617. The molecule has 9 rings (SSSR count). The summed E-state index contributed by atoms with van der Waals surface area (Å²) in [5, 5.41) is 4.53. The van der Waals surface area contributed by atoms with Crippen LogP contribution in [0.2, 0.25) is 0 Å². The van der Waals surface area contributed by atoms with E-state index in [2.05, 4.69) is 120 Å². The molecule has 0 aliphatic carbocycles. The molecule has 0 radical (unpaired) electrons. The quantitative estimate of drug-likeness (QED) is 0.204. The van der Waals surface area contributed by atoms with Crippen LogP contribution in [0, 0.1) is 0 Å². The molecule has 0 spiro atoms. The standard InChI is InChI=1S/C41H26N2O2/c1-3-11-29(12-4-1)41-42-36-25-35-38(26-39(36)45-41)44-37-17-9-16-34(40(35)37)28-19-21-32(22-20-28)43(31-14-5-2-6-15-31)33-23-18-27-10-7-8-13-30(27)24-33/h1-26H. The molecule has 0 saturated carbocycles. The number of benzene rings is 7. The third-order valence-electron chi connectivity index (χ3n) is 8.47. The maximum absolute atomic E-state index is 6.35. The number of aromatic nitrogens is 1. The summed E-state index contributed by atoms with van der Waals surface area (Å²) >= 11 is 0. The molecule has 9 aromatic rings. The van der Waals surface area contributed by atoms with Crippen molar-refractivity contribution < 1.29 is 8.83 Å². The van der Waals surface area contributed by atoms with Crippen molar-refractivity contribution in [2.45, 2.75) is 0 Å². The van der Waals surface area contributed by atoms with Crippen molar-refractivity contribution in [3.05, 3.63) is 158 Å². The van der Waals surface area contributed by atoms with Gasteiger partial charge in [-0.3, -0.25) is 0 Å². The van der Waals surface area contributed by atoms with E-state index in [0.717, 1.165) is 61.2 Å².